The smallest absolute Gasteiger partial charge is 0.225 e. The Bertz CT molecular complexity index is 615. The van der Waals surface area contributed by atoms with Gasteiger partial charge < -0.3 is 14.8 Å². The van der Waals surface area contributed by atoms with E-state index in [1.807, 2.05) is 16.9 Å². The maximum absolute atomic E-state index is 5.92. The summed E-state index contributed by atoms with van der Waals surface area (Å²) in [6, 6.07) is 3.76. The minimum atomic E-state index is 0.0700. The van der Waals surface area contributed by atoms with Gasteiger partial charge in [-0.15, -0.1) is 0 Å². The molecule has 0 radical (unpaired) electrons. The zero-order chi connectivity index (χ0) is 15.4. The molecular formula is C15H21N5O2. The van der Waals surface area contributed by atoms with Gasteiger partial charge in [0, 0.05) is 44.1 Å². The highest BCUT2D eigenvalue weighted by Gasteiger charge is 2.31. The topological polar surface area (TPSA) is 74.1 Å². The van der Waals surface area contributed by atoms with Crippen molar-refractivity contribution in [2.75, 3.05) is 25.6 Å². The molecule has 2 aromatic rings. The molecular weight excluding hydrogens is 282 g/mol. The van der Waals surface area contributed by atoms with Crippen LogP contribution in [0.2, 0.25) is 0 Å². The van der Waals surface area contributed by atoms with Crippen LogP contribution in [0.5, 0.6) is 5.88 Å². The first-order valence-corrected chi connectivity index (χ1v) is 7.56. The lowest BCUT2D eigenvalue weighted by Gasteiger charge is -2.20. The van der Waals surface area contributed by atoms with Gasteiger partial charge in [-0.1, -0.05) is 0 Å². The van der Waals surface area contributed by atoms with Crippen LogP contribution >= 0.6 is 0 Å². The van der Waals surface area contributed by atoms with Gasteiger partial charge in [0.1, 0.15) is 6.10 Å². The number of nitrogens with zero attached hydrogens (tertiary/aromatic N) is 4. The summed E-state index contributed by atoms with van der Waals surface area (Å²) in [6.07, 6.45) is 4.59. The minimum absolute atomic E-state index is 0.0700. The Balaban J connectivity index is 1.66. The van der Waals surface area contributed by atoms with Gasteiger partial charge in [-0.3, -0.25) is 4.68 Å². The summed E-state index contributed by atoms with van der Waals surface area (Å²) in [7, 11) is 1.60. The van der Waals surface area contributed by atoms with E-state index in [0.29, 0.717) is 17.7 Å². The van der Waals surface area contributed by atoms with E-state index >= 15 is 0 Å². The second kappa shape index (κ2) is 6.74. The number of nitrogens with one attached hydrogen (secondary N) is 1. The number of aryl methyl sites for hydroxylation is 1. The van der Waals surface area contributed by atoms with Gasteiger partial charge in [-0.25, -0.2) is 4.98 Å². The number of hydrogen-bond acceptors (Lipinski definition) is 6. The molecule has 22 heavy (non-hydrogen) atoms. The largest absolute Gasteiger partial charge is 0.481 e. The van der Waals surface area contributed by atoms with Crippen LogP contribution in [0.3, 0.4) is 0 Å². The molecule has 7 heteroatoms. The van der Waals surface area contributed by atoms with Gasteiger partial charge in [0.25, 0.3) is 0 Å². The number of aromatic nitrogens is 4. The fourth-order valence-electron chi connectivity index (χ4n) is 2.78. The van der Waals surface area contributed by atoms with E-state index in [2.05, 4.69) is 27.3 Å². The molecule has 0 spiro atoms. The summed E-state index contributed by atoms with van der Waals surface area (Å²) in [5.41, 5.74) is 1.14. The highest BCUT2D eigenvalue weighted by atomic mass is 16.5. The Morgan fingerprint density at radius 3 is 3.14 bits per heavy atom. The van der Waals surface area contributed by atoms with Crippen molar-refractivity contribution in [3.05, 3.63) is 30.2 Å². The van der Waals surface area contributed by atoms with Crippen LogP contribution in [-0.4, -0.2) is 40.0 Å². The van der Waals surface area contributed by atoms with Gasteiger partial charge in [0.05, 0.1) is 12.8 Å². The van der Waals surface area contributed by atoms with Crippen molar-refractivity contribution in [3.8, 4) is 5.88 Å². The highest BCUT2D eigenvalue weighted by Crippen LogP contribution is 2.34. The van der Waals surface area contributed by atoms with Crippen molar-refractivity contribution < 1.29 is 9.47 Å². The third-order valence-electron chi connectivity index (χ3n) is 3.92. The molecule has 0 amide bonds. The first-order chi connectivity index (χ1) is 10.8. The van der Waals surface area contributed by atoms with Crippen LogP contribution in [0.25, 0.3) is 0 Å². The molecule has 3 heterocycles. The summed E-state index contributed by atoms with van der Waals surface area (Å²) in [6.45, 7) is 4.46. The van der Waals surface area contributed by atoms with Crippen molar-refractivity contribution in [1.29, 1.82) is 0 Å². The Morgan fingerprint density at radius 1 is 1.41 bits per heavy atom. The summed E-state index contributed by atoms with van der Waals surface area (Å²) in [5.74, 6) is 1.51. The van der Waals surface area contributed by atoms with Gasteiger partial charge in [0.2, 0.25) is 11.8 Å². The molecule has 118 valence electrons. The molecule has 1 fully saturated rings. The molecule has 0 aromatic carbocycles. The van der Waals surface area contributed by atoms with E-state index in [-0.39, 0.29) is 6.10 Å². The average molecular weight is 303 g/mol. The molecule has 0 bridgehead atoms. The Hall–Kier alpha value is -2.15. The highest BCUT2D eigenvalue weighted by molar-refractivity contribution is 5.27. The maximum atomic E-state index is 5.92. The quantitative estimate of drug-likeness (QED) is 0.878. The monoisotopic (exact) mass is 303 g/mol. The van der Waals surface area contributed by atoms with Gasteiger partial charge in [0.15, 0.2) is 0 Å². The van der Waals surface area contributed by atoms with Crippen LogP contribution in [0, 0.1) is 5.92 Å². The van der Waals surface area contributed by atoms with E-state index < -0.39 is 0 Å². The number of ether oxygens (including phenoxy) is 2. The first-order valence-electron chi connectivity index (χ1n) is 7.56. The fourth-order valence-corrected chi connectivity index (χ4v) is 2.78. The van der Waals surface area contributed by atoms with Crippen LogP contribution in [0.1, 0.15) is 25.1 Å². The molecule has 0 saturated carbocycles. The first kappa shape index (κ1) is 14.8. The second-order valence-electron chi connectivity index (χ2n) is 5.22. The van der Waals surface area contributed by atoms with E-state index in [1.54, 1.807) is 19.4 Å². The summed E-state index contributed by atoms with van der Waals surface area (Å²) < 4.78 is 13.0. The lowest BCUT2D eigenvalue weighted by atomic mass is 9.99. The Labute approximate surface area is 129 Å². The van der Waals surface area contributed by atoms with E-state index in [0.717, 1.165) is 31.8 Å². The second-order valence-corrected chi connectivity index (χ2v) is 5.22. The molecule has 3 rings (SSSR count). The van der Waals surface area contributed by atoms with Crippen LogP contribution in [0.4, 0.5) is 5.95 Å². The van der Waals surface area contributed by atoms with E-state index in [1.165, 1.54) is 0 Å². The zero-order valence-electron chi connectivity index (χ0n) is 12.9. The SMILES string of the molecule is CCn1nccc1[C@@H]1OCC[C@H]1CNc1nccc(OC)n1. The fraction of sp³-hybridized carbons (Fsp3) is 0.533. The third-order valence-corrected chi connectivity index (χ3v) is 3.92. The average Bonchev–Trinajstić information content (AvgIpc) is 3.21. The molecule has 1 saturated heterocycles. The van der Waals surface area contributed by atoms with Gasteiger partial charge in [-0.05, 0) is 19.4 Å². The van der Waals surface area contributed by atoms with Gasteiger partial charge in [-0.2, -0.15) is 10.1 Å². The lowest BCUT2D eigenvalue weighted by molar-refractivity contribution is 0.0858. The van der Waals surface area contributed by atoms with Crippen molar-refractivity contribution >= 4 is 5.95 Å². The van der Waals surface area contributed by atoms with Crippen molar-refractivity contribution in [2.24, 2.45) is 5.92 Å². The molecule has 2 atom stereocenters. The molecule has 0 unspecified atom stereocenters. The number of hydrogen-bond donors (Lipinski definition) is 1. The minimum Gasteiger partial charge on any atom is -0.481 e. The van der Waals surface area contributed by atoms with Crippen molar-refractivity contribution in [2.45, 2.75) is 26.0 Å². The molecule has 1 N–H and O–H groups in total. The van der Waals surface area contributed by atoms with Crippen molar-refractivity contribution in [3.63, 3.8) is 0 Å². The Morgan fingerprint density at radius 2 is 2.32 bits per heavy atom. The van der Waals surface area contributed by atoms with Gasteiger partial charge >= 0.3 is 0 Å². The summed E-state index contributed by atoms with van der Waals surface area (Å²) >= 11 is 0. The maximum Gasteiger partial charge on any atom is 0.225 e. The van der Waals surface area contributed by atoms with Crippen molar-refractivity contribution in [1.82, 2.24) is 19.7 Å². The standard InChI is InChI=1S/C15H21N5O2/c1-3-20-12(4-8-18-20)14-11(6-9-22-14)10-17-15-16-7-5-13(19-15)21-2/h4-5,7-8,11,14H,3,6,9-10H2,1-2H3,(H,16,17,19)/t11-,14+/m0/s1. The molecule has 1 aliphatic rings. The number of rotatable bonds is 6. The van der Waals surface area contributed by atoms with E-state index in [9.17, 15) is 0 Å². The van der Waals surface area contributed by atoms with E-state index in [4.69, 9.17) is 9.47 Å². The number of anilines is 1. The predicted octanol–water partition coefficient (Wildman–Crippen LogP) is 1.89. The molecule has 7 nitrogen and oxygen atoms in total. The van der Waals surface area contributed by atoms with Crippen LogP contribution < -0.4 is 10.1 Å². The third kappa shape index (κ3) is 3.04. The zero-order valence-corrected chi connectivity index (χ0v) is 12.9. The molecule has 0 aliphatic carbocycles. The Kier molecular flexibility index (Phi) is 4.53. The predicted molar refractivity (Wildman–Crippen MR) is 81.8 cm³/mol. The summed E-state index contributed by atoms with van der Waals surface area (Å²) in [4.78, 5) is 8.48. The normalized spacial score (nSPS) is 21.0. The number of methoxy groups -OCH3 is 1. The van der Waals surface area contributed by atoms with Crippen LogP contribution in [-0.2, 0) is 11.3 Å². The molecule has 1 aliphatic heterocycles. The summed E-state index contributed by atoms with van der Waals surface area (Å²) in [5, 5.41) is 7.61. The molecule has 2 aromatic heterocycles. The lowest BCUT2D eigenvalue weighted by Crippen LogP contribution is -2.21. The van der Waals surface area contributed by atoms with Crippen LogP contribution in [0.15, 0.2) is 24.5 Å².